The van der Waals surface area contributed by atoms with Gasteiger partial charge in [-0.05, 0) is 68.4 Å². The molecule has 1 heterocycles. The molecule has 0 aromatic carbocycles. The van der Waals surface area contributed by atoms with E-state index in [0.717, 1.165) is 25.4 Å². The monoisotopic (exact) mass is 341 g/mol. The van der Waals surface area contributed by atoms with Crippen molar-refractivity contribution in [3.63, 3.8) is 0 Å². The molecular formula is C16H28BrN3. The summed E-state index contributed by atoms with van der Waals surface area (Å²) >= 11 is 3.71. The lowest BCUT2D eigenvalue weighted by atomic mass is 9.91. The summed E-state index contributed by atoms with van der Waals surface area (Å²) in [4.78, 5) is 0. The van der Waals surface area contributed by atoms with E-state index < -0.39 is 0 Å². The van der Waals surface area contributed by atoms with E-state index in [4.69, 9.17) is 0 Å². The highest BCUT2D eigenvalue weighted by Crippen LogP contribution is 2.42. The molecule has 2 rings (SSSR count). The molecule has 1 N–H and O–H groups in total. The third kappa shape index (κ3) is 3.85. The molecular weight excluding hydrogens is 314 g/mol. The van der Waals surface area contributed by atoms with Gasteiger partial charge in [0, 0.05) is 18.0 Å². The van der Waals surface area contributed by atoms with Crippen LogP contribution in [-0.4, -0.2) is 21.9 Å². The first-order valence-corrected chi connectivity index (χ1v) is 8.68. The van der Waals surface area contributed by atoms with Crippen molar-refractivity contribution in [2.75, 3.05) is 6.54 Å². The van der Waals surface area contributed by atoms with Gasteiger partial charge in [0.05, 0.1) is 16.4 Å². The van der Waals surface area contributed by atoms with Crippen LogP contribution in [-0.2, 0) is 6.54 Å². The van der Waals surface area contributed by atoms with E-state index in [2.05, 4.69) is 58.7 Å². The van der Waals surface area contributed by atoms with Gasteiger partial charge >= 0.3 is 0 Å². The second-order valence-corrected chi connectivity index (χ2v) is 7.88. The van der Waals surface area contributed by atoms with Crippen molar-refractivity contribution < 1.29 is 0 Å². The van der Waals surface area contributed by atoms with Crippen LogP contribution in [0.4, 0.5) is 0 Å². The number of hydrogen-bond acceptors (Lipinski definition) is 2. The van der Waals surface area contributed by atoms with E-state index in [9.17, 15) is 0 Å². The van der Waals surface area contributed by atoms with Gasteiger partial charge in [0.25, 0.3) is 0 Å². The van der Waals surface area contributed by atoms with Gasteiger partial charge in [-0.3, -0.25) is 4.68 Å². The zero-order valence-corrected chi connectivity index (χ0v) is 14.8. The van der Waals surface area contributed by atoms with Crippen molar-refractivity contribution in [1.82, 2.24) is 15.1 Å². The molecule has 0 bridgehead atoms. The highest BCUT2D eigenvalue weighted by atomic mass is 79.9. The van der Waals surface area contributed by atoms with Gasteiger partial charge in [0.15, 0.2) is 0 Å². The first-order valence-electron chi connectivity index (χ1n) is 7.88. The predicted octanol–water partition coefficient (Wildman–Crippen LogP) is 4.33. The zero-order chi connectivity index (χ0) is 14.8. The maximum absolute atomic E-state index is 4.54. The minimum Gasteiger partial charge on any atom is -0.312 e. The van der Waals surface area contributed by atoms with Crippen LogP contribution in [0.3, 0.4) is 0 Å². The van der Waals surface area contributed by atoms with E-state index >= 15 is 0 Å². The Morgan fingerprint density at radius 3 is 2.80 bits per heavy atom. The van der Waals surface area contributed by atoms with E-state index in [1.807, 2.05) is 6.20 Å². The molecule has 3 nitrogen and oxygen atoms in total. The topological polar surface area (TPSA) is 29.9 Å². The van der Waals surface area contributed by atoms with Gasteiger partial charge in [-0.2, -0.15) is 5.10 Å². The summed E-state index contributed by atoms with van der Waals surface area (Å²) in [6.45, 7) is 11.1. The molecule has 1 saturated carbocycles. The summed E-state index contributed by atoms with van der Waals surface area (Å²) < 4.78 is 3.41. The smallest absolute Gasteiger partial charge is 0.0635 e. The lowest BCUT2D eigenvalue weighted by Gasteiger charge is -2.27. The lowest BCUT2D eigenvalue weighted by Crippen LogP contribution is -2.39. The Labute approximate surface area is 131 Å². The Bertz CT molecular complexity index is 433. The second-order valence-electron chi connectivity index (χ2n) is 7.03. The third-order valence-corrected chi connectivity index (χ3v) is 4.78. The summed E-state index contributed by atoms with van der Waals surface area (Å²) in [5, 5.41) is 8.22. The molecule has 1 aromatic heterocycles. The molecule has 0 aliphatic heterocycles. The minimum absolute atomic E-state index is 0.202. The molecule has 1 fully saturated rings. The molecule has 0 amide bonds. The van der Waals surface area contributed by atoms with Crippen molar-refractivity contribution in [3.8, 4) is 0 Å². The highest BCUT2D eigenvalue weighted by Gasteiger charge is 2.32. The van der Waals surface area contributed by atoms with Gasteiger partial charge in [-0.25, -0.2) is 0 Å². The fourth-order valence-corrected chi connectivity index (χ4v) is 3.80. The summed E-state index contributed by atoms with van der Waals surface area (Å²) in [6.07, 6.45) is 7.07. The van der Waals surface area contributed by atoms with E-state index in [-0.39, 0.29) is 5.54 Å². The van der Waals surface area contributed by atoms with Crippen molar-refractivity contribution in [2.45, 2.75) is 71.4 Å². The Hall–Kier alpha value is -0.350. The molecule has 1 aliphatic carbocycles. The normalized spacial score (nSPS) is 23.4. The fraction of sp³-hybridized carbons (Fsp3) is 0.812. The molecule has 0 spiro atoms. The number of rotatable bonds is 5. The van der Waals surface area contributed by atoms with Gasteiger partial charge in [0.2, 0.25) is 0 Å². The van der Waals surface area contributed by atoms with Crippen molar-refractivity contribution in [2.24, 2.45) is 5.92 Å². The number of hydrogen-bond donors (Lipinski definition) is 1. The number of nitrogens with zero attached hydrogens (tertiary/aromatic N) is 2. The molecule has 1 aromatic rings. The summed E-state index contributed by atoms with van der Waals surface area (Å²) in [6, 6.07) is 0. The number of aryl methyl sites for hydroxylation is 1. The van der Waals surface area contributed by atoms with E-state index in [0.29, 0.717) is 5.92 Å². The van der Waals surface area contributed by atoms with Crippen LogP contribution < -0.4 is 5.32 Å². The van der Waals surface area contributed by atoms with Crippen LogP contribution in [0.2, 0.25) is 0 Å². The van der Waals surface area contributed by atoms with Gasteiger partial charge in [-0.1, -0.05) is 13.3 Å². The van der Waals surface area contributed by atoms with Crippen LogP contribution in [0.15, 0.2) is 10.7 Å². The van der Waals surface area contributed by atoms with Gasteiger partial charge < -0.3 is 5.32 Å². The molecule has 2 atom stereocenters. The van der Waals surface area contributed by atoms with E-state index in [1.165, 1.54) is 29.4 Å². The maximum atomic E-state index is 4.54. The number of nitrogens with one attached hydrogen (secondary N) is 1. The summed E-state index contributed by atoms with van der Waals surface area (Å²) in [7, 11) is 0. The Kier molecular flexibility index (Phi) is 5.30. The Balaban J connectivity index is 2.12. The average Bonchev–Trinajstić information content (AvgIpc) is 2.93. The Morgan fingerprint density at radius 1 is 1.40 bits per heavy atom. The molecule has 1 aliphatic rings. The van der Waals surface area contributed by atoms with Crippen LogP contribution in [0.5, 0.6) is 0 Å². The Morgan fingerprint density at radius 2 is 2.15 bits per heavy atom. The first kappa shape index (κ1) is 16.0. The summed E-state index contributed by atoms with van der Waals surface area (Å²) in [5.41, 5.74) is 1.62. The predicted molar refractivity (Wildman–Crippen MR) is 88.1 cm³/mol. The standard InChI is InChI=1S/C16H28BrN3/c1-5-9-20-15(14(17)11-19-20)13-8-6-7-12(13)10-18-16(2,3)4/h11-13,18H,5-10H2,1-4H3. The maximum Gasteiger partial charge on any atom is 0.0635 e. The van der Waals surface area contributed by atoms with Crippen LogP contribution >= 0.6 is 15.9 Å². The summed E-state index contributed by atoms with van der Waals surface area (Å²) in [5.74, 6) is 1.38. The van der Waals surface area contributed by atoms with Crippen LogP contribution in [0.25, 0.3) is 0 Å². The van der Waals surface area contributed by atoms with Gasteiger partial charge in [0.1, 0.15) is 0 Å². The first-order chi connectivity index (χ1) is 9.42. The molecule has 2 unspecified atom stereocenters. The van der Waals surface area contributed by atoms with Crippen molar-refractivity contribution in [3.05, 3.63) is 16.4 Å². The zero-order valence-electron chi connectivity index (χ0n) is 13.2. The van der Waals surface area contributed by atoms with Crippen LogP contribution in [0, 0.1) is 5.92 Å². The van der Waals surface area contributed by atoms with Gasteiger partial charge in [-0.15, -0.1) is 0 Å². The SMILES string of the molecule is CCCn1ncc(Br)c1C1CCCC1CNC(C)(C)C. The van der Waals surface area contributed by atoms with Crippen LogP contribution in [0.1, 0.15) is 65.0 Å². The molecule has 0 radical (unpaired) electrons. The molecule has 0 saturated heterocycles. The molecule has 114 valence electrons. The largest absolute Gasteiger partial charge is 0.312 e. The fourth-order valence-electron chi connectivity index (χ4n) is 3.21. The average molecular weight is 342 g/mol. The molecule has 4 heteroatoms. The van der Waals surface area contributed by atoms with Crippen molar-refractivity contribution in [1.29, 1.82) is 0 Å². The second kappa shape index (κ2) is 6.61. The number of aromatic nitrogens is 2. The lowest BCUT2D eigenvalue weighted by molar-refractivity contribution is 0.348. The molecule has 20 heavy (non-hydrogen) atoms. The minimum atomic E-state index is 0.202. The number of halogens is 1. The quantitative estimate of drug-likeness (QED) is 0.863. The van der Waals surface area contributed by atoms with Crippen molar-refractivity contribution >= 4 is 15.9 Å². The van der Waals surface area contributed by atoms with E-state index in [1.54, 1.807) is 0 Å². The highest BCUT2D eigenvalue weighted by molar-refractivity contribution is 9.10. The third-order valence-electron chi connectivity index (χ3n) is 4.17.